The van der Waals surface area contributed by atoms with E-state index in [-0.39, 0.29) is 6.61 Å². The van der Waals surface area contributed by atoms with Crippen LogP contribution in [0.5, 0.6) is 0 Å². The SMILES string of the molecule is CN1CCC(CCNc2cc([C@H]3CCOC3)nc(NCCO)n2)CC1. The molecule has 0 unspecified atom stereocenters. The van der Waals surface area contributed by atoms with Crippen LogP contribution in [0, 0.1) is 5.92 Å². The van der Waals surface area contributed by atoms with Crippen LogP contribution in [0.15, 0.2) is 6.07 Å². The highest BCUT2D eigenvalue weighted by atomic mass is 16.5. The topological polar surface area (TPSA) is 82.5 Å². The summed E-state index contributed by atoms with van der Waals surface area (Å²) < 4.78 is 5.50. The minimum absolute atomic E-state index is 0.0685. The molecule has 25 heavy (non-hydrogen) atoms. The number of anilines is 2. The summed E-state index contributed by atoms with van der Waals surface area (Å²) in [6.45, 7) is 5.40. The Kier molecular flexibility index (Phi) is 6.84. The molecule has 3 heterocycles. The Hall–Kier alpha value is -1.44. The number of piperidine rings is 1. The fourth-order valence-corrected chi connectivity index (χ4v) is 3.54. The van der Waals surface area contributed by atoms with E-state index in [2.05, 4.69) is 38.6 Å². The maximum Gasteiger partial charge on any atom is 0.224 e. The molecule has 2 aliphatic rings. The molecule has 0 aliphatic carbocycles. The fourth-order valence-electron chi connectivity index (χ4n) is 3.54. The van der Waals surface area contributed by atoms with Crippen molar-refractivity contribution in [3.8, 4) is 0 Å². The number of nitrogens with one attached hydrogen (secondary N) is 2. The van der Waals surface area contributed by atoms with Crippen LogP contribution in [0.4, 0.5) is 11.8 Å². The highest BCUT2D eigenvalue weighted by molar-refractivity contribution is 5.43. The summed E-state index contributed by atoms with van der Waals surface area (Å²) in [6, 6.07) is 2.05. The second kappa shape index (κ2) is 9.31. The molecule has 1 atom stereocenters. The van der Waals surface area contributed by atoms with Crippen LogP contribution in [0.3, 0.4) is 0 Å². The minimum atomic E-state index is 0.0685. The molecule has 2 aliphatic heterocycles. The van der Waals surface area contributed by atoms with Gasteiger partial charge in [0.1, 0.15) is 5.82 Å². The van der Waals surface area contributed by atoms with Crippen molar-refractivity contribution in [3.05, 3.63) is 11.8 Å². The average Bonchev–Trinajstić information content (AvgIpc) is 3.16. The Bertz CT molecular complexity index is 528. The number of aliphatic hydroxyl groups is 1. The molecule has 3 rings (SSSR count). The van der Waals surface area contributed by atoms with Crippen LogP contribution in [-0.2, 0) is 4.74 Å². The maximum absolute atomic E-state index is 9.02. The zero-order valence-electron chi connectivity index (χ0n) is 15.2. The van der Waals surface area contributed by atoms with Crippen molar-refractivity contribution in [1.29, 1.82) is 0 Å². The Morgan fingerprint density at radius 1 is 1.20 bits per heavy atom. The van der Waals surface area contributed by atoms with E-state index in [1.807, 2.05) is 0 Å². The third kappa shape index (κ3) is 5.52. The van der Waals surface area contributed by atoms with Crippen LogP contribution in [0.1, 0.15) is 37.3 Å². The van der Waals surface area contributed by atoms with Crippen molar-refractivity contribution < 1.29 is 9.84 Å². The van der Waals surface area contributed by atoms with Gasteiger partial charge in [-0.15, -0.1) is 0 Å². The second-order valence-corrected chi connectivity index (χ2v) is 7.17. The first-order chi connectivity index (χ1) is 12.2. The smallest absolute Gasteiger partial charge is 0.224 e. The molecule has 0 bridgehead atoms. The molecule has 0 aromatic carbocycles. The summed E-state index contributed by atoms with van der Waals surface area (Å²) in [5.74, 6) is 2.60. The number of aromatic nitrogens is 2. The third-order valence-electron chi connectivity index (χ3n) is 5.19. The molecule has 0 amide bonds. The molecule has 7 nitrogen and oxygen atoms in total. The van der Waals surface area contributed by atoms with Gasteiger partial charge in [-0.25, -0.2) is 4.98 Å². The number of rotatable bonds is 8. The lowest BCUT2D eigenvalue weighted by molar-refractivity contribution is 0.193. The lowest BCUT2D eigenvalue weighted by Gasteiger charge is -2.28. The largest absolute Gasteiger partial charge is 0.395 e. The molecule has 1 aromatic rings. The van der Waals surface area contributed by atoms with Crippen LogP contribution in [0.25, 0.3) is 0 Å². The highest BCUT2D eigenvalue weighted by Gasteiger charge is 2.21. The van der Waals surface area contributed by atoms with Gasteiger partial charge in [0.05, 0.1) is 18.9 Å². The van der Waals surface area contributed by atoms with Gasteiger partial charge in [0.2, 0.25) is 5.95 Å². The number of nitrogens with zero attached hydrogens (tertiary/aromatic N) is 3. The van der Waals surface area contributed by atoms with Gasteiger partial charge in [-0.05, 0) is 51.7 Å². The van der Waals surface area contributed by atoms with Gasteiger partial charge in [-0.1, -0.05) is 0 Å². The van der Waals surface area contributed by atoms with E-state index in [9.17, 15) is 0 Å². The number of aliphatic hydroxyl groups excluding tert-OH is 1. The molecule has 0 saturated carbocycles. The van der Waals surface area contributed by atoms with E-state index < -0.39 is 0 Å². The van der Waals surface area contributed by atoms with Crippen molar-refractivity contribution >= 4 is 11.8 Å². The van der Waals surface area contributed by atoms with Gasteiger partial charge in [0, 0.05) is 31.7 Å². The molecule has 2 saturated heterocycles. The zero-order chi connectivity index (χ0) is 17.5. The van der Waals surface area contributed by atoms with Gasteiger partial charge in [-0.2, -0.15) is 4.98 Å². The monoisotopic (exact) mass is 349 g/mol. The Morgan fingerprint density at radius 3 is 2.76 bits per heavy atom. The van der Waals surface area contributed by atoms with E-state index in [4.69, 9.17) is 9.84 Å². The first-order valence-electron chi connectivity index (χ1n) is 9.48. The third-order valence-corrected chi connectivity index (χ3v) is 5.19. The fraction of sp³-hybridized carbons (Fsp3) is 0.778. The predicted octanol–water partition coefficient (Wildman–Crippen LogP) is 1.53. The summed E-state index contributed by atoms with van der Waals surface area (Å²) >= 11 is 0. The number of ether oxygens (including phenoxy) is 1. The normalized spacial score (nSPS) is 22.2. The first-order valence-corrected chi connectivity index (χ1v) is 9.48. The average molecular weight is 349 g/mol. The van der Waals surface area contributed by atoms with Gasteiger partial charge >= 0.3 is 0 Å². The van der Waals surface area contributed by atoms with E-state index in [0.29, 0.717) is 18.4 Å². The molecule has 2 fully saturated rings. The van der Waals surface area contributed by atoms with E-state index in [1.54, 1.807) is 0 Å². The molecule has 140 valence electrons. The molecule has 1 aromatic heterocycles. The van der Waals surface area contributed by atoms with Crippen LogP contribution >= 0.6 is 0 Å². The summed E-state index contributed by atoms with van der Waals surface area (Å²) in [5.41, 5.74) is 1.02. The highest BCUT2D eigenvalue weighted by Crippen LogP contribution is 2.26. The van der Waals surface area contributed by atoms with Crippen molar-refractivity contribution in [3.63, 3.8) is 0 Å². The van der Waals surface area contributed by atoms with Gasteiger partial charge < -0.3 is 25.4 Å². The van der Waals surface area contributed by atoms with E-state index in [0.717, 1.165) is 43.6 Å². The Labute approximate surface area is 150 Å². The summed E-state index contributed by atoms with van der Waals surface area (Å²) in [6.07, 6.45) is 4.76. The second-order valence-electron chi connectivity index (χ2n) is 7.17. The quantitative estimate of drug-likeness (QED) is 0.656. The van der Waals surface area contributed by atoms with E-state index in [1.165, 1.54) is 32.4 Å². The summed E-state index contributed by atoms with van der Waals surface area (Å²) in [7, 11) is 2.20. The van der Waals surface area contributed by atoms with Crippen molar-refractivity contribution in [1.82, 2.24) is 14.9 Å². The first kappa shape index (κ1) is 18.4. The lowest BCUT2D eigenvalue weighted by atomic mass is 9.94. The summed E-state index contributed by atoms with van der Waals surface area (Å²) in [4.78, 5) is 11.6. The van der Waals surface area contributed by atoms with Crippen molar-refractivity contribution in [2.75, 3.05) is 63.7 Å². The molecular weight excluding hydrogens is 318 g/mol. The van der Waals surface area contributed by atoms with Crippen LogP contribution in [0.2, 0.25) is 0 Å². The van der Waals surface area contributed by atoms with E-state index >= 15 is 0 Å². The Morgan fingerprint density at radius 2 is 2.04 bits per heavy atom. The summed E-state index contributed by atoms with van der Waals surface area (Å²) in [5, 5.41) is 15.6. The molecular formula is C18H31N5O2. The van der Waals surface area contributed by atoms with Crippen molar-refractivity contribution in [2.24, 2.45) is 5.92 Å². The van der Waals surface area contributed by atoms with Crippen molar-refractivity contribution in [2.45, 2.75) is 31.6 Å². The number of hydrogen-bond acceptors (Lipinski definition) is 7. The van der Waals surface area contributed by atoms with Gasteiger partial charge in [0.25, 0.3) is 0 Å². The van der Waals surface area contributed by atoms with Crippen LogP contribution < -0.4 is 10.6 Å². The molecule has 3 N–H and O–H groups in total. The van der Waals surface area contributed by atoms with Gasteiger partial charge in [-0.3, -0.25) is 0 Å². The number of hydrogen-bond donors (Lipinski definition) is 3. The predicted molar refractivity (Wildman–Crippen MR) is 99.1 cm³/mol. The number of likely N-dealkylation sites (tertiary alicyclic amines) is 1. The minimum Gasteiger partial charge on any atom is -0.395 e. The molecule has 7 heteroatoms. The zero-order valence-corrected chi connectivity index (χ0v) is 15.2. The Balaban J connectivity index is 1.57. The lowest BCUT2D eigenvalue weighted by Crippen LogP contribution is -2.30. The maximum atomic E-state index is 9.02. The van der Waals surface area contributed by atoms with Crippen LogP contribution in [-0.4, -0.2) is 73.0 Å². The molecule has 0 spiro atoms. The van der Waals surface area contributed by atoms with Gasteiger partial charge in [0.15, 0.2) is 0 Å². The molecule has 0 radical (unpaired) electrons. The standard InChI is InChI=1S/C18H31N5O2/c1-23-8-3-14(4-9-23)2-6-19-17-12-16(15-5-11-25-13-15)21-18(22-17)20-7-10-24/h12,14-15,24H,2-11,13H2,1H3,(H2,19,20,21,22)/t15-/m0/s1.